The standard InChI is InChI=1S/C14H14BrFN2O2S/c1-9(10-5-7-11(15)8-6-10)18-21(19,20)13-4-2-3-12(16)14(13)17/h2-9,18H,17H2,1H3/t9-/m1/s1. The lowest BCUT2D eigenvalue weighted by molar-refractivity contribution is 0.565. The van der Waals surface area contributed by atoms with Crippen LogP contribution in [0.1, 0.15) is 18.5 Å². The second kappa shape index (κ2) is 6.13. The number of nitrogen functional groups attached to an aromatic ring is 1. The summed E-state index contributed by atoms with van der Waals surface area (Å²) in [5.41, 5.74) is 5.91. The first kappa shape index (κ1) is 15.9. The van der Waals surface area contributed by atoms with E-state index in [4.69, 9.17) is 5.73 Å². The zero-order chi connectivity index (χ0) is 15.6. The van der Waals surface area contributed by atoms with E-state index in [0.29, 0.717) is 0 Å². The summed E-state index contributed by atoms with van der Waals surface area (Å²) >= 11 is 3.31. The molecule has 3 N–H and O–H groups in total. The molecule has 0 aliphatic carbocycles. The van der Waals surface area contributed by atoms with Crippen LogP contribution in [0.15, 0.2) is 51.8 Å². The maximum absolute atomic E-state index is 13.4. The topological polar surface area (TPSA) is 72.2 Å². The van der Waals surface area contributed by atoms with Crippen molar-refractivity contribution in [3.8, 4) is 0 Å². The molecule has 0 aromatic heterocycles. The molecule has 0 heterocycles. The zero-order valence-corrected chi connectivity index (χ0v) is 13.6. The van der Waals surface area contributed by atoms with E-state index in [2.05, 4.69) is 20.7 Å². The number of sulfonamides is 1. The summed E-state index contributed by atoms with van der Waals surface area (Å²) in [5, 5.41) is 0. The quantitative estimate of drug-likeness (QED) is 0.809. The number of hydrogen-bond donors (Lipinski definition) is 2. The van der Waals surface area contributed by atoms with Gasteiger partial charge in [-0.25, -0.2) is 17.5 Å². The van der Waals surface area contributed by atoms with Crippen molar-refractivity contribution in [2.75, 3.05) is 5.73 Å². The van der Waals surface area contributed by atoms with Crippen LogP contribution in [0.3, 0.4) is 0 Å². The fraction of sp³-hybridized carbons (Fsp3) is 0.143. The number of hydrogen-bond acceptors (Lipinski definition) is 3. The Balaban J connectivity index is 2.29. The highest BCUT2D eigenvalue weighted by atomic mass is 79.9. The molecule has 0 amide bonds. The van der Waals surface area contributed by atoms with E-state index in [0.717, 1.165) is 16.1 Å². The van der Waals surface area contributed by atoms with E-state index in [1.54, 1.807) is 19.1 Å². The van der Waals surface area contributed by atoms with Crippen LogP contribution in [0, 0.1) is 5.82 Å². The first-order chi connectivity index (χ1) is 9.81. The highest BCUT2D eigenvalue weighted by Crippen LogP contribution is 2.24. The highest BCUT2D eigenvalue weighted by molar-refractivity contribution is 9.10. The Bertz CT molecular complexity index is 748. The van der Waals surface area contributed by atoms with Gasteiger partial charge in [0.15, 0.2) is 0 Å². The van der Waals surface area contributed by atoms with Gasteiger partial charge in [0.05, 0.1) is 5.69 Å². The Kier molecular flexibility index (Phi) is 4.65. The van der Waals surface area contributed by atoms with Crippen LogP contribution in [-0.4, -0.2) is 8.42 Å². The summed E-state index contributed by atoms with van der Waals surface area (Å²) in [4.78, 5) is -0.258. The number of para-hydroxylation sites is 1. The molecule has 2 rings (SSSR count). The number of nitrogens with one attached hydrogen (secondary N) is 1. The third kappa shape index (κ3) is 3.61. The molecular weight excluding hydrogens is 359 g/mol. The third-order valence-corrected chi connectivity index (χ3v) is 5.13. The molecule has 21 heavy (non-hydrogen) atoms. The van der Waals surface area contributed by atoms with Crippen LogP contribution in [0.4, 0.5) is 10.1 Å². The molecule has 4 nitrogen and oxygen atoms in total. The van der Waals surface area contributed by atoms with E-state index < -0.39 is 21.9 Å². The number of nitrogens with two attached hydrogens (primary N) is 1. The van der Waals surface area contributed by atoms with Crippen LogP contribution < -0.4 is 10.5 Å². The predicted molar refractivity (Wildman–Crippen MR) is 83.7 cm³/mol. The van der Waals surface area contributed by atoms with Crippen LogP contribution >= 0.6 is 15.9 Å². The molecular formula is C14H14BrFN2O2S. The van der Waals surface area contributed by atoms with Crippen molar-refractivity contribution in [1.29, 1.82) is 0 Å². The Labute approximate surface area is 131 Å². The summed E-state index contributed by atoms with van der Waals surface area (Å²) in [6.45, 7) is 1.70. The van der Waals surface area contributed by atoms with E-state index >= 15 is 0 Å². The first-order valence-electron chi connectivity index (χ1n) is 6.13. The maximum Gasteiger partial charge on any atom is 0.243 e. The third-order valence-electron chi connectivity index (χ3n) is 3.00. The smallest absolute Gasteiger partial charge is 0.243 e. The lowest BCUT2D eigenvalue weighted by Crippen LogP contribution is -2.27. The zero-order valence-electron chi connectivity index (χ0n) is 11.2. The lowest BCUT2D eigenvalue weighted by Gasteiger charge is -2.16. The van der Waals surface area contributed by atoms with Gasteiger partial charge < -0.3 is 5.73 Å². The average molecular weight is 373 g/mol. The number of benzene rings is 2. The maximum atomic E-state index is 13.4. The van der Waals surface area contributed by atoms with Gasteiger partial charge >= 0.3 is 0 Å². The Morgan fingerprint density at radius 1 is 1.19 bits per heavy atom. The van der Waals surface area contributed by atoms with Gasteiger partial charge in [0.25, 0.3) is 0 Å². The van der Waals surface area contributed by atoms with Crippen molar-refractivity contribution in [2.24, 2.45) is 0 Å². The van der Waals surface area contributed by atoms with Gasteiger partial charge in [-0.15, -0.1) is 0 Å². The largest absolute Gasteiger partial charge is 0.395 e. The van der Waals surface area contributed by atoms with Gasteiger partial charge in [0, 0.05) is 10.5 Å². The van der Waals surface area contributed by atoms with Gasteiger partial charge in [-0.1, -0.05) is 34.1 Å². The summed E-state index contributed by atoms with van der Waals surface area (Å²) in [6, 6.07) is 10.5. The van der Waals surface area contributed by atoms with Crippen molar-refractivity contribution in [2.45, 2.75) is 17.9 Å². The molecule has 112 valence electrons. The highest BCUT2D eigenvalue weighted by Gasteiger charge is 2.22. The Morgan fingerprint density at radius 3 is 2.43 bits per heavy atom. The van der Waals surface area contributed by atoms with Gasteiger partial charge in [0.1, 0.15) is 10.7 Å². The Morgan fingerprint density at radius 2 is 1.81 bits per heavy atom. The van der Waals surface area contributed by atoms with Gasteiger partial charge in [-0.3, -0.25) is 0 Å². The first-order valence-corrected chi connectivity index (χ1v) is 8.40. The van der Waals surface area contributed by atoms with E-state index in [1.807, 2.05) is 12.1 Å². The van der Waals surface area contributed by atoms with Gasteiger partial charge in [-0.2, -0.15) is 0 Å². The molecule has 0 spiro atoms. The molecule has 0 aliphatic rings. The SMILES string of the molecule is C[C@@H](NS(=O)(=O)c1cccc(F)c1N)c1ccc(Br)cc1. The van der Waals surface area contributed by atoms with E-state index in [9.17, 15) is 12.8 Å². The molecule has 0 fully saturated rings. The van der Waals surface area contributed by atoms with Crippen LogP contribution in [0.5, 0.6) is 0 Å². The molecule has 2 aromatic carbocycles. The van der Waals surface area contributed by atoms with Crippen molar-refractivity contribution >= 4 is 31.6 Å². The molecule has 0 saturated carbocycles. The molecule has 2 aromatic rings. The second-order valence-electron chi connectivity index (χ2n) is 4.55. The minimum absolute atomic E-state index is 0.258. The number of anilines is 1. The van der Waals surface area contributed by atoms with E-state index in [-0.39, 0.29) is 10.6 Å². The molecule has 0 saturated heterocycles. The van der Waals surface area contributed by atoms with Gasteiger partial charge in [0.2, 0.25) is 10.0 Å². The van der Waals surface area contributed by atoms with Gasteiger partial charge in [-0.05, 0) is 36.8 Å². The molecule has 0 bridgehead atoms. The second-order valence-corrected chi connectivity index (χ2v) is 7.14. The summed E-state index contributed by atoms with van der Waals surface area (Å²) in [5.74, 6) is -0.755. The van der Waals surface area contributed by atoms with E-state index in [1.165, 1.54) is 12.1 Å². The molecule has 0 radical (unpaired) electrons. The normalized spacial score (nSPS) is 13.1. The van der Waals surface area contributed by atoms with Crippen LogP contribution in [0.25, 0.3) is 0 Å². The van der Waals surface area contributed by atoms with Crippen molar-refractivity contribution in [3.63, 3.8) is 0 Å². The molecule has 7 heteroatoms. The average Bonchev–Trinajstić information content (AvgIpc) is 2.41. The van der Waals surface area contributed by atoms with Crippen molar-refractivity contribution in [1.82, 2.24) is 4.72 Å². The lowest BCUT2D eigenvalue weighted by atomic mass is 10.1. The fourth-order valence-electron chi connectivity index (χ4n) is 1.87. The minimum Gasteiger partial charge on any atom is -0.395 e. The van der Waals surface area contributed by atoms with Crippen molar-refractivity contribution < 1.29 is 12.8 Å². The fourth-order valence-corrected chi connectivity index (χ4v) is 3.50. The molecule has 0 unspecified atom stereocenters. The minimum atomic E-state index is -3.90. The molecule has 1 atom stereocenters. The summed E-state index contributed by atoms with van der Waals surface area (Å²) in [7, 11) is -3.90. The van der Waals surface area contributed by atoms with Crippen LogP contribution in [0.2, 0.25) is 0 Å². The number of halogens is 2. The summed E-state index contributed by atoms with van der Waals surface area (Å²) in [6.07, 6.45) is 0. The van der Waals surface area contributed by atoms with Crippen LogP contribution in [-0.2, 0) is 10.0 Å². The number of rotatable bonds is 4. The Hall–Kier alpha value is -1.44. The molecule has 0 aliphatic heterocycles. The van der Waals surface area contributed by atoms with Crippen molar-refractivity contribution in [3.05, 3.63) is 58.3 Å². The monoisotopic (exact) mass is 372 g/mol. The predicted octanol–water partition coefficient (Wildman–Crippen LogP) is 3.21. The summed E-state index contributed by atoms with van der Waals surface area (Å²) < 4.78 is 41.4.